The number of aromatic nitrogens is 2. The summed E-state index contributed by atoms with van der Waals surface area (Å²) in [5, 5.41) is 34.6. The molecule has 2 aromatic heterocycles. The van der Waals surface area contributed by atoms with E-state index in [0.29, 0.717) is 16.7 Å². The molecule has 0 atom stereocenters. The Hall–Kier alpha value is -7.39. The van der Waals surface area contributed by atoms with Gasteiger partial charge in [0.25, 0.3) is 0 Å². The molecule has 7 aromatic carbocycles. The van der Waals surface area contributed by atoms with Gasteiger partial charge in [0.15, 0.2) is 0 Å². The van der Waals surface area contributed by atoms with Crippen LogP contribution in [0.25, 0.3) is 77.2 Å². The third kappa shape index (κ3) is 4.31. The van der Waals surface area contributed by atoms with Crippen molar-refractivity contribution in [2.75, 3.05) is 0 Å². The molecule has 50 heavy (non-hydrogen) atoms. The molecule has 230 valence electrons. The van der Waals surface area contributed by atoms with Gasteiger partial charge in [0.2, 0.25) is 0 Å². The third-order valence-electron chi connectivity index (χ3n) is 9.64. The van der Waals surface area contributed by atoms with Crippen LogP contribution in [0.3, 0.4) is 0 Å². The van der Waals surface area contributed by atoms with Crippen molar-refractivity contribution in [1.82, 2.24) is 9.13 Å². The van der Waals surface area contributed by atoms with E-state index < -0.39 is 0 Å². The van der Waals surface area contributed by atoms with Crippen LogP contribution in [0.1, 0.15) is 16.7 Å². The van der Waals surface area contributed by atoms with E-state index in [-0.39, 0.29) is 0 Å². The van der Waals surface area contributed by atoms with E-state index in [4.69, 9.17) is 0 Å². The molecular weight excluding hydrogens is 611 g/mol. The molecule has 0 saturated heterocycles. The van der Waals surface area contributed by atoms with Crippen LogP contribution in [-0.4, -0.2) is 9.13 Å². The van der Waals surface area contributed by atoms with Crippen molar-refractivity contribution in [2.24, 2.45) is 0 Å². The number of hydrogen-bond acceptors (Lipinski definition) is 3. The summed E-state index contributed by atoms with van der Waals surface area (Å²) in [6.45, 7) is 0. The van der Waals surface area contributed by atoms with Crippen LogP contribution >= 0.6 is 0 Å². The lowest BCUT2D eigenvalue weighted by Gasteiger charge is -2.19. The number of nitriles is 3. The molecule has 5 heteroatoms. The summed E-state index contributed by atoms with van der Waals surface area (Å²) in [7, 11) is 0. The second kappa shape index (κ2) is 11.4. The first-order valence-corrected chi connectivity index (χ1v) is 16.3. The van der Waals surface area contributed by atoms with Gasteiger partial charge in [-0.05, 0) is 83.9 Å². The smallest absolute Gasteiger partial charge is 0.0998 e. The first kappa shape index (κ1) is 28.8. The quantitative estimate of drug-likeness (QED) is 0.193. The lowest BCUT2D eigenvalue weighted by molar-refractivity contribution is 1.18. The monoisotopic (exact) mass is 635 g/mol. The highest BCUT2D eigenvalue weighted by atomic mass is 15.0. The highest BCUT2D eigenvalue weighted by Gasteiger charge is 2.21. The molecule has 9 rings (SSSR count). The molecule has 0 amide bonds. The highest BCUT2D eigenvalue weighted by molar-refractivity contribution is 6.11. The van der Waals surface area contributed by atoms with Crippen LogP contribution in [0, 0.1) is 34.0 Å². The SMILES string of the molecule is N#Cc1ccc(-n2c3ccccc3c3cc(C#N)ccc32)c(-c2c(C#N)cccc2-c2ccc(-n3c4ccccc4c4ccccc43)cc2)c1. The van der Waals surface area contributed by atoms with Gasteiger partial charge in [-0.3, -0.25) is 0 Å². The summed E-state index contributed by atoms with van der Waals surface area (Å²) < 4.78 is 4.46. The zero-order valence-corrected chi connectivity index (χ0v) is 26.7. The van der Waals surface area contributed by atoms with Crippen molar-refractivity contribution < 1.29 is 0 Å². The van der Waals surface area contributed by atoms with Gasteiger partial charge in [0, 0.05) is 38.4 Å². The maximum atomic E-state index is 10.5. The van der Waals surface area contributed by atoms with Crippen molar-refractivity contribution in [3.05, 3.63) is 168 Å². The second-order valence-corrected chi connectivity index (χ2v) is 12.3. The Kier molecular flexibility index (Phi) is 6.56. The summed E-state index contributed by atoms with van der Waals surface area (Å²) in [4.78, 5) is 0. The molecule has 9 aromatic rings. The van der Waals surface area contributed by atoms with E-state index in [2.05, 4.69) is 112 Å². The zero-order chi connectivity index (χ0) is 33.8. The van der Waals surface area contributed by atoms with Crippen LogP contribution in [0.5, 0.6) is 0 Å². The van der Waals surface area contributed by atoms with Crippen LogP contribution in [0.4, 0.5) is 0 Å². The first-order chi connectivity index (χ1) is 24.7. The summed E-state index contributed by atoms with van der Waals surface area (Å²) >= 11 is 0. The van der Waals surface area contributed by atoms with Crippen molar-refractivity contribution in [2.45, 2.75) is 0 Å². The molecule has 0 spiro atoms. The van der Waals surface area contributed by atoms with Gasteiger partial charge >= 0.3 is 0 Å². The lowest BCUT2D eigenvalue weighted by Crippen LogP contribution is -2.01. The Morgan fingerprint density at radius 3 is 1.60 bits per heavy atom. The molecule has 0 aliphatic heterocycles. The van der Waals surface area contributed by atoms with Crippen LogP contribution in [0.15, 0.2) is 152 Å². The van der Waals surface area contributed by atoms with Gasteiger partial charge in [-0.2, -0.15) is 15.8 Å². The van der Waals surface area contributed by atoms with Crippen molar-refractivity contribution in [3.63, 3.8) is 0 Å². The number of fused-ring (bicyclic) bond motifs is 6. The molecule has 2 heterocycles. The van der Waals surface area contributed by atoms with Crippen LogP contribution in [-0.2, 0) is 0 Å². The van der Waals surface area contributed by atoms with E-state index in [1.807, 2.05) is 66.7 Å². The Morgan fingerprint density at radius 2 is 0.960 bits per heavy atom. The van der Waals surface area contributed by atoms with Crippen molar-refractivity contribution >= 4 is 43.6 Å². The minimum Gasteiger partial charge on any atom is -0.309 e. The van der Waals surface area contributed by atoms with Gasteiger partial charge in [-0.15, -0.1) is 0 Å². The molecule has 5 nitrogen and oxygen atoms in total. The van der Waals surface area contributed by atoms with Crippen LogP contribution < -0.4 is 0 Å². The molecule has 0 aliphatic rings. The minimum absolute atomic E-state index is 0.497. The first-order valence-electron chi connectivity index (χ1n) is 16.3. The number of nitrogens with zero attached hydrogens (tertiary/aromatic N) is 5. The normalized spacial score (nSPS) is 11.1. The van der Waals surface area contributed by atoms with E-state index in [0.717, 1.165) is 66.5 Å². The molecule has 0 aliphatic carbocycles. The van der Waals surface area contributed by atoms with E-state index in [9.17, 15) is 15.8 Å². The Balaban J connectivity index is 1.28. The zero-order valence-electron chi connectivity index (χ0n) is 26.7. The number of rotatable bonds is 4. The van der Waals surface area contributed by atoms with Crippen LogP contribution in [0.2, 0.25) is 0 Å². The summed E-state index contributed by atoms with van der Waals surface area (Å²) in [6, 6.07) is 57.7. The number of para-hydroxylation sites is 3. The van der Waals surface area contributed by atoms with E-state index in [1.54, 1.807) is 0 Å². The fraction of sp³-hybridized carbons (Fsp3) is 0. The van der Waals surface area contributed by atoms with Gasteiger partial charge in [0.1, 0.15) is 0 Å². The topological polar surface area (TPSA) is 81.2 Å². The average molecular weight is 636 g/mol. The molecule has 0 radical (unpaired) electrons. The molecule has 0 bridgehead atoms. The maximum Gasteiger partial charge on any atom is 0.0998 e. The fourth-order valence-electron chi connectivity index (χ4n) is 7.47. The average Bonchev–Trinajstić information content (AvgIpc) is 3.70. The van der Waals surface area contributed by atoms with Gasteiger partial charge in [-0.1, -0.05) is 78.9 Å². The predicted octanol–water partition coefficient (Wildman–Crippen LogP) is 10.8. The summed E-state index contributed by atoms with van der Waals surface area (Å²) in [5.41, 5.74) is 11.0. The largest absolute Gasteiger partial charge is 0.309 e. The summed E-state index contributed by atoms with van der Waals surface area (Å²) in [5.74, 6) is 0. The predicted molar refractivity (Wildman–Crippen MR) is 200 cm³/mol. The van der Waals surface area contributed by atoms with Crippen molar-refractivity contribution in [1.29, 1.82) is 15.8 Å². The van der Waals surface area contributed by atoms with Crippen molar-refractivity contribution in [3.8, 4) is 51.8 Å². The highest BCUT2D eigenvalue weighted by Crippen LogP contribution is 2.42. The molecule has 0 unspecified atom stereocenters. The number of hydrogen-bond donors (Lipinski definition) is 0. The third-order valence-corrected chi connectivity index (χ3v) is 9.64. The van der Waals surface area contributed by atoms with E-state index in [1.165, 1.54) is 10.8 Å². The summed E-state index contributed by atoms with van der Waals surface area (Å²) in [6.07, 6.45) is 0. The van der Waals surface area contributed by atoms with Gasteiger partial charge in [-0.25, -0.2) is 0 Å². The second-order valence-electron chi connectivity index (χ2n) is 12.3. The minimum atomic E-state index is 0.497. The maximum absolute atomic E-state index is 10.5. The Bertz CT molecular complexity index is 2900. The molecule has 0 fully saturated rings. The Labute approximate surface area is 287 Å². The Morgan fingerprint density at radius 1 is 0.400 bits per heavy atom. The van der Waals surface area contributed by atoms with Gasteiger partial charge < -0.3 is 9.13 Å². The molecular formula is C45H25N5. The fourth-order valence-corrected chi connectivity index (χ4v) is 7.47. The number of benzene rings is 7. The molecule has 0 N–H and O–H groups in total. The van der Waals surface area contributed by atoms with Gasteiger partial charge in [0.05, 0.1) is 62.7 Å². The molecule has 0 saturated carbocycles. The standard InChI is InChI=1S/C45H25N5/c46-26-29-16-22-43-38(24-29)37-11-3-6-15-42(37)50(43)44-23-17-30(27-47)25-39(44)45-32(28-48)8-7-12-34(45)31-18-20-33(21-19-31)49-40-13-4-1-9-35(40)36-10-2-5-14-41(36)49/h1-25H. The van der Waals surface area contributed by atoms with E-state index >= 15 is 0 Å². The lowest BCUT2D eigenvalue weighted by atomic mass is 9.89.